The van der Waals surface area contributed by atoms with Gasteiger partial charge in [-0.15, -0.1) is 0 Å². The van der Waals surface area contributed by atoms with E-state index < -0.39 is 6.10 Å². The second kappa shape index (κ2) is 5.70. The molecule has 1 amide bonds. The molecule has 82 valence electrons. The van der Waals surface area contributed by atoms with Gasteiger partial charge in [0, 0.05) is 23.7 Å². The Kier molecular flexibility index (Phi) is 4.55. The Morgan fingerprint density at radius 3 is 2.60 bits per heavy atom. The van der Waals surface area contributed by atoms with Gasteiger partial charge in [0.15, 0.2) is 0 Å². The first kappa shape index (κ1) is 12.0. The fourth-order valence-corrected chi connectivity index (χ4v) is 1.12. The minimum atomic E-state index is -0.707. The molecule has 1 aromatic rings. The third-order valence-electron chi connectivity index (χ3n) is 1.88. The van der Waals surface area contributed by atoms with Crippen LogP contribution in [0.4, 0.5) is 0 Å². The molecule has 4 nitrogen and oxygen atoms in total. The quantitative estimate of drug-likeness (QED) is 0.698. The van der Waals surface area contributed by atoms with E-state index in [-0.39, 0.29) is 19.0 Å². The van der Waals surface area contributed by atoms with E-state index in [1.165, 1.54) is 0 Å². The fraction of sp³-hybridized carbons (Fsp3) is 0.300. The van der Waals surface area contributed by atoms with Gasteiger partial charge in [-0.3, -0.25) is 4.79 Å². The maximum atomic E-state index is 11.5. The molecule has 0 aliphatic heterocycles. The molecule has 0 radical (unpaired) electrons. The number of halogens is 1. The van der Waals surface area contributed by atoms with Crippen LogP contribution in [0.1, 0.15) is 10.4 Å². The van der Waals surface area contributed by atoms with Crippen LogP contribution < -0.4 is 11.1 Å². The number of aliphatic hydroxyl groups excluding tert-OH is 1. The summed E-state index contributed by atoms with van der Waals surface area (Å²) in [6, 6.07) is 6.50. The predicted molar refractivity (Wildman–Crippen MR) is 58.8 cm³/mol. The normalized spacial score (nSPS) is 12.2. The lowest BCUT2D eigenvalue weighted by molar-refractivity contribution is 0.0920. The standard InChI is InChI=1S/C10H13ClN2O2/c11-8-3-1-7(2-4-8)10(15)13-6-9(14)5-12/h1-4,9,14H,5-6,12H2,(H,13,15). The van der Waals surface area contributed by atoms with E-state index in [2.05, 4.69) is 5.32 Å². The van der Waals surface area contributed by atoms with Gasteiger partial charge in [-0.25, -0.2) is 0 Å². The van der Waals surface area contributed by atoms with Crippen molar-refractivity contribution < 1.29 is 9.90 Å². The molecular formula is C10H13ClN2O2. The molecule has 0 saturated heterocycles. The van der Waals surface area contributed by atoms with E-state index in [4.69, 9.17) is 22.4 Å². The van der Waals surface area contributed by atoms with Crippen molar-refractivity contribution in [1.82, 2.24) is 5.32 Å². The summed E-state index contributed by atoms with van der Waals surface area (Å²) in [6.45, 7) is 0.277. The first-order valence-electron chi connectivity index (χ1n) is 4.55. The van der Waals surface area contributed by atoms with Crippen molar-refractivity contribution in [2.75, 3.05) is 13.1 Å². The SMILES string of the molecule is NCC(O)CNC(=O)c1ccc(Cl)cc1. The van der Waals surface area contributed by atoms with Gasteiger partial charge < -0.3 is 16.2 Å². The lowest BCUT2D eigenvalue weighted by atomic mass is 10.2. The Morgan fingerprint density at radius 1 is 1.47 bits per heavy atom. The van der Waals surface area contributed by atoms with E-state index in [9.17, 15) is 4.79 Å². The molecule has 0 spiro atoms. The van der Waals surface area contributed by atoms with E-state index >= 15 is 0 Å². The van der Waals surface area contributed by atoms with E-state index in [1.54, 1.807) is 24.3 Å². The molecule has 0 aliphatic rings. The molecule has 5 heteroatoms. The van der Waals surface area contributed by atoms with Crippen molar-refractivity contribution in [2.45, 2.75) is 6.10 Å². The highest BCUT2D eigenvalue weighted by molar-refractivity contribution is 6.30. The van der Waals surface area contributed by atoms with Crippen LogP contribution in [0.15, 0.2) is 24.3 Å². The number of amides is 1. The maximum absolute atomic E-state index is 11.5. The van der Waals surface area contributed by atoms with E-state index in [0.29, 0.717) is 10.6 Å². The van der Waals surface area contributed by atoms with Gasteiger partial charge >= 0.3 is 0 Å². The zero-order valence-corrected chi connectivity index (χ0v) is 8.87. The molecular weight excluding hydrogens is 216 g/mol. The van der Waals surface area contributed by atoms with Crippen LogP contribution in [0.5, 0.6) is 0 Å². The number of rotatable bonds is 4. The van der Waals surface area contributed by atoms with Gasteiger partial charge in [-0.1, -0.05) is 11.6 Å². The highest BCUT2D eigenvalue weighted by Crippen LogP contribution is 2.09. The van der Waals surface area contributed by atoms with Crippen LogP contribution in [0, 0.1) is 0 Å². The second-order valence-electron chi connectivity index (χ2n) is 3.11. The summed E-state index contributed by atoms with van der Waals surface area (Å²) in [6.07, 6.45) is -0.707. The number of hydrogen-bond donors (Lipinski definition) is 3. The minimum Gasteiger partial charge on any atom is -0.390 e. The molecule has 0 saturated carbocycles. The zero-order chi connectivity index (χ0) is 11.3. The highest BCUT2D eigenvalue weighted by Gasteiger charge is 2.07. The van der Waals surface area contributed by atoms with Gasteiger partial charge in [0.2, 0.25) is 0 Å². The lowest BCUT2D eigenvalue weighted by Gasteiger charge is -2.09. The zero-order valence-electron chi connectivity index (χ0n) is 8.11. The molecule has 1 aromatic carbocycles. The second-order valence-corrected chi connectivity index (χ2v) is 3.54. The molecule has 0 aliphatic carbocycles. The average molecular weight is 229 g/mol. The summed E-state index contributed by atoms with van der Waals surface area (Å²) in [5, 5.41) is 12.3. The first-order chi connectivity index (χ1) is 7.13. The monoisotopic (exact) mass is 228 g/mol. The molecule has 4 N–H and O–H groups in total. The van der Waals surface area contributed by atoms with E-state index in [0.717, 1.165) is 0 Å². The molecule has 0 fully saturated rings. The Hall–Kier alpha value is -1.10. The van der Waals surface area contributed by atoms with Gasteiger partial charge in [0.05, 0.1) is 6.10 Å². The molecule has 0 bridgehead atoms. The lowest BCUT2D eigenvalue weighted by Crippen LogP contribution is -2.36. The van der Waals surface area contributed by atoms with Gasteiger partial charge in [-0.05, 0) is 24.3 Å². The average Bonchev–Trinajstić information content (AvgIpc) is 2.26. The van der Waals surface area contributed by atoms with Gasteiger partial charge in [-0.2, -0.15) is 0 Å². The van der Waals surface area contributed by atoms with Crippen LogP contribution in [0.25, 0.3) is 0 Å². The van der Waals surface area contributed by atoms with Crippen LogP contribution in [0.3, 0.4) is 0 Å². The number of nitrogens with two attached hydrogens (primary N) is 1. The van der Waals surface area contributed by atoms with Gasteiger partial charge in [0.25, 0.3) is 5.91 Å². The van der Waals surface area contributed by atoms with Crippen LogP contribution >= 0.6 is 11.6 Å². The fourth-order valence-electron chi connectivity index (χ4n) is 0.997. The number of carbonyl (C=O) groups is 1. The van der Waals surface area contributed by atoms with Crippen LogP contribution in [-0.2, 0) is 0 Å². The van der Waals surface area contributed by atoms with Gasteiger partial charge in [0.1, 0.15) is 0 Å². The number of benzene rings is 1. The van der Waals surface area contributed by atoms with Crippen molar-refractivity contribution in [3.63, 3.8) is 0 Å². The summed E-state index contributed by atoms with van der Waals surface area (Å²) >= 11 is 5.68. The Morgan fingerprint density at radius 2 is 2.07 bits per heavy atom. The minimum absolute atomic E-state index is 0.126. The summed E-state index contributed by atoms with van der Waals surface area (Å²) in [4.78, 5) is 11.5. The largest absolute Gasteiger partial charge is 0.390 e. The van der Waals surface area contributed by atoms with Crippen molar-refractivity contribution >= 4 is 17.5 Å². The molecule has 0 aromatic heterocycles. The van der Waals surface area contributed by atoms with Crippen molar-refractivity contribution in [3.05, 3.63) is 34.9 Å². The summed E-state index contributed by atoms with van der Waals surface area (Å²) in [5.41, 5.74) is 5.70. The molecule has 1 rings (SSSR count). The molecule has 1 unspecified atom stereocenters. The van der Waals surface area contributed by atoms with Crippen molar-refractivity contribution in [1.29, 1.82) is 0 Å². The Bertz CT molecular complexity index is 327. The van der Waals surface area contributed by atoms with Crippen molar-refractivity contribution in [2.24, 2.45) is 5.73 Å². The summed E-state index contributed by atoms with van der Waals surface area (Å²) in [5.74, 6) is -0.251. The first-order valence-corrected chi connectivity index (χ1v) is 4.93. The van der Waals surface area contributed by atoms with E-state index in [1.807, 2.05) is 0 Å². The third-order valence-corrected chi connectivity index (χ3v) is 2.13. The topological polar surface area (TPSA) is 75.3 Å². The highest BCUT2D eigenvalue weighted by atomic mass is 35.5. The predicted octanol–water partition coefficient (Wildman–Crippen LogP) is 0.389. The number of carbonyl (C=O) groups excluding carboxylic acids is 1. The molecule has 0 heterocycles. The van der Waals surface area contributed by atoms with Crippen molar-refractivity contribution in [3.8, 4) is 0 Å². The molecule has 15 heavy (non-hydrogen) atoms. The number of nitrogens with one attached hydrogen (secondary N) is 1. The smallest absolute Gasteiger partial charge is 0.251 e. The Labute approximate surface area is 93.0 Å². The molecule has 1 atom stereocenters. The number of aliphatic hydroxyl groups is 1. The summed E-state index contributed by atoms with van der Waals surface area (Å²) < 4.78 is 0. The maximum Gasteiger partial charge on any atom is 0.251 e. The van der Waals surface area contributed by atoms with Crippen LogP contribution in [-0.4, -0.2) is 30.2 Å². The Balaban J connectivity index is 2.50. The van der Waals surface area contributed by atoms with Crippen LogP contribution in [0.2, 0.25) is 5.02 Å². The third kappa shape index (κ3) is 3.87. The number of hydrogen-bond acceptors (Lipinski definition) is 3. The summed E-state index contributed by atoms with van der Waals surface area (Å²) in [7, 11) is 0.